The largest absolute Gasteiger partial charge is 0.496 e. The van der Waals surface area contributed by atoms with Gasteiger partial charge in [-0.25, -0.2) is 0 Å². The molecule has 1 aliphatic heterocycles. The van der Waals surface area contributed by atoms with Crippen LogP contribution in [0.5, 0.6) is 5.75 Å². The Hall–Kier alpha value is -2.04. The summed E-state index contributed by atoms with van der Waals surface area (Å²) < 4.78 is 5.47. The highest BCUT2D eigenvalue weighted by Gasteiger charge is 2.32. The van der Waals surface area contributed by atoms with Gasteiger partial charge in [-0.3, -0.25) is 9.59 Å². The fourth-order valence-electron chi connectivity index (χ4n) is 3.75. The Labute approximate surface area is 162 Å². The van der Waals surface area contributed by atoms with Crippen molar-refractivity contribution in [2.45, 2.75) is 51.9 Å². The van der Waals surface area contributed by atoms with E-state index in [-0.39, 0.29) is 23.1 Å². The van der Waals surface area contributed by atoms with Crippen molar-refractivity contribution >= 4 is 11.8 Å². The van der Waals surface area contributed by atoms with Crippen molar-refractivity contribution in [3.63, 3.8) is 0 Å². The Morgan fingerprint density at radius 3 is 2.22 bits per heavy atom. The van der Waals surface area contributed by atoms with E-state index < -0.39 is 0 Å². The maximum absolute atomic E-state index is 12.8. The van der Waals surface area contributed by atoms with Crippen LogP contribution in [0.4, 0.5) is 0 Å². The maximum atomic E-state index is 12.8. The molecule has 0 aromatic heterocycles. The Morgan fingerprint density at radius 1 is 1.07 bits per heavy atom. The highest BCUT2D eigenvalue weighted by Crippen LogP contribution is 2.30. The van der Waals surface area contributed by atoms with Crippen LogP contribution in [-0.4, -0.2) is 54.9 Å². The quantitative estimate of drug-likeness (QED) is 0.816. The Bertz CT molecular complexity index is 696. The van der Waals surface area contributed by atoms with Gasteiger partial charge in [-0.05, 0) is 29.9 Å². The molecule has 5 heteroatoms. The predicted molar refractivity (Wildman–Crippen MR) is 106 cm³/mol. The van der Waals surface area contributed by atoms with Crippen molar-refractivity contribution in [3.05, 3.63) is 29.3 Å². The standard InChI is InChI=1S/C22H32N2O3/c1-22(2,3)18-8-9-19(27-4)17(14-18)15-20(25)23-10-12-24(13-11-23)21(26)16-6-5-7-16/h8-9,14,16H,5-7,10-13,15H2,1-4H3. The molecule has 0 bridgehead atoms. The zero-order chi connectivity index (χ0) is 19.6. The van der Waals surface area contributed by atoms with E-state index in [2.05, 4.69) is 32.9 Å². The van der Waals surface area contributed by atoms with Gasteiger partial charge in [0, 0.05) is 37.7 Å². The molecule has 1 aromatic carbocycles. The minimum absolute atomic E-state index is 0.0254. The van der Waals surface area contributed by atoms with E-state index in [0.717, 1.165) is 24.2 Å². The molecule has 148 valence electrons. The zero-order valence-electron chi connectivity index (χ0n) is 17.1. The predicted octanol–water partition coefficient (Wildman–Crippen LogP) is 3.01. The molecule has 0 atom stereocenters. The molecule has 5 nitrogen and oxygen atoms in total. The normalized spacial score (nSPS) is 18.2. The third kappa shape index (κ3) is 4.45. The maximum Gasteiger partial charge on any atom is 0.227 e. The molecule has 1 heterocycles. The van der Waals surface area contributed by atoms with Crippen LogP contribution >= 0.6 is 0 Å². The van der Waals surface area contributed by atoms with Crippen LogP contribution in [0, 0.1) is 5.92 Å². The molecular formula is C22H32N2O3. The van der Waals surface area contributed by atoms with E-state index in [0.29, 0.717) is 32.6 Å². The van der Waals surface area contributed by atoms with E-state index in [1.807, 2.05) is 15.9 Å². The molecule has 1 aromatic rings. The smallest absolute Gasteiger partial charge is 0.227 e. The van der Waals surface area contributed by atoms with E-state index in [9.17, 15) is 9.59 Å². The van der Waals surface area contributed by atoms with Crippen LogP contribution in [0.25, 0.3) is 0 Å². The van der Waals surface area contributed by atoms with Gasteiger partial charge in [0.15, 0.2) is 0 Å². The van der Waals surface area contributed by atoms with E-state index in [4.69, 9.17) is 4.74 Å². The van der Waals surface area contributed by atoms with Crippen molar-refractivity contribution in [2.24, 2.45) is 5.92 Å². The number of carbonyl (C=O) groups excluding carboxylic acids is 2. The molecule has 1 saturated carbocycles. The number of methoxy groups -OCH3 is 1. The van der Waals surface area contributed by atoms with Crippen LogP contribution in [0.15, 0.2) is 18.2 Å². The third-order valence-corrected chi connectivity index (χ3v) is 5.89. The molecule has 0 radical (unpaired) electrons. The van der Waals surface area contributed by atoms with Gasteiger partial charge in [-0.1, -0.05) is 39.3 Å². The van der Waals surface area contributed by atoms with Gasteiger partial charge in [0.25, 0.3) is 0 Å². The molecule has 2 amide bonds. The summed E-state index contributed by atoms with van der Waals surface area (Å²) in [6.07, 6.45) is 3.57. The molecule has 2 fully saturated rings. The van der Waals surface area contributed by atoms with Gasteiger partial charge in [0.05, 0.1) is 13.5 Å². The minimum atomic E-state index is 0.0254. The van der Waals surface area contributed by atoms with Crippen molar-refractivity contribution in [3.8, 4) is 5.75 Å². The van der Waals surface area contributed by atoms with Crippen molar-refractivity contribution in [2.75, 3.05) is 33.3 Å². The molecule has 0 spiro atoms. The highest BCUT2D eigenvalue weighted by molar-refractivity contribution is 5.81. The summed E-state index contributed by atoms with van der Waals surface area (Å²) in [6.45, 7) is 9.05. The highest BCUT2D eigenvalue weighted by atomic mass is 16.5. The number of ether oxygens (including phenoxy) is 1. The van der Waals surface area contributed by atoms with Crippen molar-refractivity contribution in [1.82, 2.24) is 9.80 Å². The van der Waals surface area contributed by atoms with Crippen LogP contribution in [-0.2, 0) is 21.4 Å². The molecule has 27 heavy (non-hydrogen) atoms. The lowest BCUT2D eigenvalue weighted by molar-refractivity contribution is -0.143. The number of amides is 2. The van der Waals surface area contributed by atoms with E-state index in [1.165, 1.54) is 12.0 Å². The SMILES string of the molecule is COc1ccc(C(C)(C)C)cc1CC(=O)N1CCN(C(=O)C2CCC2)CC1. The number of hydrogen-bond acceptors (Lipinski definition) is 3. The van der Waals surface area contributed by atoms with Crippen LogP contribution in [0.1, 0.15) is 51.2 Å². The topological polar surface area (TPSA) is 49.9 Å². The third-order valence-electron chi connectivity index (χ3n) is 5.89. The van der Waals surface area contributed by atoms with Gasteiger partial charge in [-0.15, -0.1) is 0 Å². The van der Waals surface area contributed by atoms with E-state index >= 15 is 0 Å². The van der Waals surface area contributed by atoms with Crippen LogP contribution in [0.2, 0.25) is 0 Å². The van der Waals surface area contributed by atoms with Crippen molar-refractivity contribution < 1.29 is 14.3 Å². The van der Waals surface area contributed by atoms with Crippen molar-refractivity contribution in [1.29, 1.82) is 0 Å². The number of nitrogens with zero attached hydrogens (tertiary/aromatic N) is 2. The lowest BCUT2D eigenvalue weighted by atomic mass is 9.84. The van der Waals surface area contributed by atoms with Gasteiger partial charge in [-0.2, -0.15) is 0 Å². The first-order valence-electron chi connectivity index (χ1n) is 10.0. The first kappa shape index (κ1) is 19.7. The summed E-state index contributed by atoms with van der Waals surface area (Å²) in [5.41, 5.74) is 2.15. The number of benzene rings is 1. The average Bonchev–Trinajstić information content (AvgIpc) is 2.59. The zero-order valence-corrected chi connectivity index (χ0v) is 17.1. The fourth-order valence-corrected chi connectivity index (χ4v) is 3.75. The van der Waals surface area contributed by atoms with E-state index in [1.54, 1.807) is 7.11 Å². The van der Waals surface area contributed by atoms with Gasteiger partial charge in [0.2, 0.25) is 11.8 Å². The van der Waals surface area contributed by atoms with Gasteiger partial charge >= 0.3 is 0 Å². The Balaban J connectivity index is 1.61. The van der Waals surface area contributed by atoms with Crippen LogP contribution in [0.3, 0.4) is 0 Å². The monoisotopic (exact) mass is 372 g/mol. The first-order valence-corrected chi connectivity index (χ1v) is 10.0. The second-order valence-corrected chi connectivity index (χ2v) is 8.79. The number of carbonyl (C=O) groups is 2. The van der Waals surface area contributed by atoms with Crippen LogP contribution < -0.4 is 4.74 Å². The second-order valence-electron chi connectivity index (χ2n) is 8.79. The summed E-state index contributed by atoms with van der Waals surface area (Å²) in [5.74, 6) is 1.38. The number of rotatable bonds is 4. The molecule has 0 unspecified atom stereocenters. The molecule has 2 aliphatic rings. The summed E-state index contributed by atoms with van der Waals surface area (Å²) in [7, 11) is 1.64. The van der Waals surface area contributed by atoms with Gasteiger partial charge in [0.1, 0.15) is 5.75 Å². The molecule has 1 saturated heterocycles. The summed E-state index contributed by atoms with van der Waals surface area (Å²) in [5, 5.41) is 0. The molecule has 0 N–H and O–H groups in total. The Morgan fingerprint density at radius 2 is 1.70 bits per heavy atom. The lowest BCUT2D eigenvalue weighted by Crippen LogP contribution is -2.52. The second kappa shape index (κ2) is 7.91. The number of piperazine rings is 1. The first-order chi connectivity index (χ1) is 12.8. The molecular weight excluding hydrogens is 340 g/mol. The summed E-state index contributed by atoms with van der Waals surface area (Å²) >= 11 is 0. The minimum Gasteiger partial charge on any atom is -0.496 e. The fraction of sp³-hybridized carbons (Fsp3) is 0.636. The lowest BCUT2D eigenvalue weighted by Gasteiger charge is -2.38. The average molecular weight is 373 g/mol. The molecule has 3 rings (SSSR count). The summed E-state index contributed by atoms with van der Waals surface area (Å²) in [4.78, 5) is 29.0. The summed E-state index contributed by atoms with van der Waals surface area (Å²) in [6, 6.07) is 6.11. The Kier molecular flexibility index (Phi) is 5.78. The number of hydrogen-bond donors (Lipinski definition) is 0. The molecule has 1 aliphatic carbocycles. The van der Waals surface area contributed by atoms with Gasteiger partial charge < -0.3 is 14.5 Å².